The molecule has 100 valence electrons. The van der Waals surface area contributed by atoms with E-state index in [0.29, 0.717) is 5.54 Å². The lowest BCUT2D eigenvalue weighted by molar-refractivity contribution is 0.0425. The minimum Gasteiger partial charge on any atom is -0.329 e. The second kappa shape index (κ2) is 5.71. The third kappa shape index (κ3) is 2.53. The molecule has 2 heteroatoms. The van der Waals surface area contributed by atoms with Crippen LogP contribution in [-0.2, 0) is 0 Å². The topological polar surface area (TPSA) is 29.3 Å². The van der Waals surface area contributed by atoms with Crippen LogP contribution in [-0.4, -0.2) is 30.1 Å². The number of nitrogens with zero attached hydrogens (tertiary/aromatic N) is 1. The van der Waals surface area contributed by atoms with Crippen LogP contribution in [0.2, 0.25) is 0 Å². The van der Waals surface area contributed by atoms with Crippen LogP contribution < -0.4 is 5.73 Å². The molecule has 2 aliphatic rings. The maximum absolute atomic E-state index is 6.16. The van der Waals surface area contributed by atoms with Crippen molar-refractivity contribution in [3.8, 4) is 0 Å². The van der Waals surface area contributed by atoms with E-state index < -0.39 is 0 Å². The first-order valence-electron chi connectivity index (χ1n) is 7.64. The number of likely N-dealkylation sites (N-methyl/N-ethyl adjacent to an activating group) is 1. The van der Waals surface area contributed by atoms with E-state index in [1.54, 1.807) is 0 Å². The van der Waals surface area contributed by atoms with E-state index in [0.717, 1.165) is 18.5 Å². The summed E-state index contributed by atoms with van der Waals surface area (Å²) in [6.45, 7) is 3.26. The van der Waals surface area contributed by atoms with E-state index >= 15 is 0 Å². The highest BCUT2D eigenvalue weighted by Gasteiger charge is 2.44. The second-order valence-corrected chi connectivity index (χ2v) is 6.36. The summed E-state index contributed by atoms with van der Waals surface area (Å²) in [6.07, 6.45) is 12.6. The SMILES string of the molecule is CC1CCCC1(CN)N(C)C1CCCCCC1. The van der Waals surface area contributed by atoms with Crippen LogP contribution in [0, 0.1) is 5.92 Å². The first kappa shape index (κ1) is 13.4. The van der Waals surface area contributed by atoms with Gasteiger partial charge in [0.2, 0.25) is 0 Å². The summed E-state index contributed by atoms with van der Waals surface area (Å²) in [5, 5.41) is 0. The van der Waals surface area contributed by atoms with Gasteiger partial charge in [-0.3, -0.25) is 4.90 Å². The van der Waals surface area contributed by atoms with E-state index in [-0.39, 0.29) is 0 Å². The molecule has 0 saturated heterocycles. The molecule has 0 aromatic carbocycles. The molecule has 2 atom stereocenters. The highest BCUT2D eigenvalue weighted by Crippen LogP contribution is 2.41. The van der Waals surface area contributed by atoms with E-state index in [1.165, 1.54) is 57.8 Å². The van der Waals surface area contributed by atoms with Crippen molar-refractivity contribution in [3.63, 3.8) is 0 Å². The van der Waals surface area contributed by atoms with Crippen molar-refractivity contribution >= 4 is 0 Å². The number of hydrogen-bond acceptors (Lipinski definition) is 2. The zero-order chi connectivity index (χ0) is 12.3. The maximum Gasteiger partial charge on any atom is 0.0357 e. The molecule has 0 aliphatic heterocycles. The Hall–Kier alpha value is -0.0800. The van der Waals surface area contributed by atoms with Crippen molar-refractivity contribution < 1.29 is 0 Å². The fourth-order valence-corrected chi connectivity index (χ4v) is 4.21. The highest BCUT2D eigenvalue weighted by atomic mass is 15.2. The largest absolute Gasteiger partial charge is 0.329 e. The van der Waals surface area contributed by atoms with Gasteiger partial charge >= 0.3 is 0 Å². The Balaban J connectivity index is 2.07. The molecule has 0 aromatic rings. The number of hydrogen-bond donors (Lipinski definition) is 1. The van der Waals surface area contributed by atoms with Gasteiger partial charge in [-0.25, -0.2) is 0 Å². The summed E-state index contributed by atoms with van der Waals surface area (Å²) in [5.74, 6) is 0.778. The van der Waals surface area contributed by atoms with Crippen molar-refractivity contribution in [2.45, 2.75) is 76.3 Å². The van der Waals surface area contributed by atoms with Crippen molar-refractivity contribution in [1.29, 1.82) is 0 Å². The van der Waals surface area contributed by atoms with Crippen LogP contribution in [0.4, 0.5) is 0 Å². The third-order valence-corrected chi connectivity index (χ3v) is 5.59. The maximum atomic E-state index is 6.16. The van der Waals surface area contributed by atoms with Gasteiger partial charge in [-0.05, 0) is 38.6 Å². The molecule has 2 N–H and O–H groups in total. The summed E-state index contributed by atoms with van der Waals surface area (Å²) in [4.78, 5) is 2.69. The number of rotatable bonds is 3. The molecule has 0 spiro atoms. The minimum atomic E-state index is 0.314. The summed E-state index contributed by atoms with van der Waals surface area (Å²) < 4.78 is 0. The van der Waals surface area contributed by atoms with Gasteiger partial charge in [0.25, 0.3) is 0 Å². The summed E-state index contributed by atoms with van der Waals surface area (Å²) in [6, 6.07) is 0.793. The molecular weight excluding hydrogens is 208 g/mol. The van der Waals surface area contributed by atoms with Gasteiger partial charge in [0.05, 0.1) is 0 Å². The Kier molecular flexibility index (Phi) is 4.48. The quantitative estimate of drug-likeness (QED) is 0.765. The molecule has 0 bridgehead atoms. The molecule has 2 rings (SSSR count). The van der Waals surface area contributed by atoms with Crippen LogP contribution in [0.25, 0.3) is 0 Å². The van der Waals surface area contributed by atoms with Crippen LogP contribution in [0.3, 0.4) is 0 Å². The van der Waals surface area contributed by atoms with Gasteiger partial charge in [0.1, 0.15) is 0 Å². The molecule has 0 heterocycles. The Labute approximate surface area is 107 Å². The van der Waals surface area contributed by atoms with Crippen LogP contribution in [0.5, 0.6) is 0 Å². The van der Waals surface area contributed by atoms with Crippen molar-refractivity contribution in [2.75, 3.05) is 13.6 Å². The fourth-order valence-electron chi connectivity index (χ4n) is 4.21. The van der Waals surface area contributed by atoms with Crippen molar-refractivity contribution in [3.05, 3.63) is 0 Å². The lowest BCUT2D eigenvalue weighted by Crippen LogP contribution is -2.57. The van der Waals surface area contributed by atoms with Gasteiger partial charge < -0.3 is 5.73 Å². The van der Waals surface area contributed by atoms with E-state index in [2.05, 4.69) is 18.9 Å². The molecule has 2 unspecified atom stereocenters. The Morgan fingerprint density at radius 1 is 1.06 bits per heavy atom. The summed E-state index contributed by atoms with van der Waals surface area (Å²) in [5.41, 5.74) is 6.48. The molecular formula is C15H30N2. The average molecular weight is 238 g/mol. The monoisotopic (exact) mass is 238 g/mol. The van der Waals surface area contributed by atoms with Gasteiger partial charge in [-0.1, -0.05) is 39.0 Å². The first-order valence-corrected chi connectivity index (χ1v) is 7.64. The Morgan fingerprint density at radius 2 is 1.71 bits per heavy atom. The predicted molar refractivity (Wildman–Crippen MR) is 74.1 cm³/mol. The van der Waals surface area contributed by atoms with E-state index in [9.17, 15) is 0 Å². The lowest BCUT2D eigenvalue weighted by Gasteiger charge is -2.46. The second-order valence-electron chi connectivity index (χ2n) is 6.36. The first-order chi connectivity index (χ1) is 8.20. The molecule has 17 heavy (non-hydrogen) atoms. The normalized spacial score (nSPS) is 36.4. The van der Waals surface area contributed by atoms with Gasteiger partial charge in [-0.2, -0.15) is 0 Å². The predicted octanol–water partition coefficient (Wildman–Crippen LogP) is 3.16. The van der Waals surface area contributed by atoms with Gasteiger partial charge in [-0.15, -0.1) is 0 Å². The summed E-state index contributed by atoms with van der Waals surface area (Å²) >= 11 is 0. The van der Waals surface area contributed by atoms with E-state index in [1.807, 2.05) is 0 Å². The fraction of sp³-hybridized carbons (Fsp3) is 1.00. The van der Waals surface area contributed by atoms with E-state index in [4.69, 9.17) is 5.73 Å². The summed E-state index contributed by atoms with van der Waals surface area (Å²) in [7, 11) is 2.35. The van der Waals surface area contributed by atoms with Crippen molar-refractivity contribution in [1.82, 2.24) is 4.90 Å². The zero-order valence-electron chi connectivity index (χ0n) is 11.8. The highest BCUT2D eigenvalue weighted by molar-refractivity contribution is 5.01. The molecule has 2 aliphatic carbocycles. The lowest BCUT2D eigenvalue weighted by atomic mass is 9.84. The molecule has 0 amide bonds. The van der Waals surface area contributed by atoms with Gasteiger partial charge in [0, 0.05) is 18.1 Å². The van der Waals surface area contributed by atoms with Crippen LogP contribution in [0.1, 0.15) is 64.7 Å². The molecule has 0 radical (unpaired) electrons. The molecule has 2 nitrogen and oxygen atoms in total. The molecule has 2 saturated carbocycles. The average Bonchev–Trinajstić information content (AvgIpc) is 2.57. The molecule has 0 aromatic heterocycles. The molecule has 2 fully saturated rings. The number of nitrogens with two attached hydrogens (primary N) is 1. The third-order valence-electron chi connectivity index (χ3n) is 5.59. The van der Waals surface area contributed by atoms with Crippen LogP contribution >= 0.6 is 0 Å². The smallest absolute Gasteiger partial charge is 0.0357 e. The van der Waals surface area contributed by atoms with Gasteiger partial charge in [0.15, 0.2) is 0 Å². The van der Waals surface area contributed by atoms with Crippen molar-refractivity contribution in [2.24, 2.45) is 11.7 Å². The zero-order valence-corrected chi connectivity index (χ0v) is 11.8. The minimum absolute atomic E-state index is 0.314. The Morgan fingerprint density at radius 3 is 2.18 bits per heavy atom. The van der Waals surface area contributed by atoms with Crippen LogP contribution in [0.15, 0.2) is 0 Å². The standard InChI is InChI=1S/C15H30N2/c1-13-8-7-11-15(13,12-16)17(2)14-9-5-3-4-6-10-14/h13-14H,3-12,16H2,1-2H3. The Bertz CT molecular complexity index is 233.